The van der Waals surface area contributed by atoms with E-state index in [0.29, 0.717) is 6.54 Å². The molecule has 4 heteroatoms. The summed E-state index contributed by atoms with van der Waals surface area (Å²) in [5.74, 6) is 0.925. The molecule has 1 saturated heterocycles. The number of β-amino-alcohol motifs (C(OH)–C–C–N with tert-alkyl or cyclic N) is 1. The molecule has 1 N–H and O–H groups in total. The first-order valence-corrected chi connectivity index (χ1v) is 9.80. The summed E-state index contributed by atoms with van der Waals surface area (Å²) in [4.78, 5) is 16.7. The Hall–Kier alpha value is -1.39. The lowest BCUT2D eigenvalue weighted by Crippen LogP contribution is -2.38. The van der Waals surface area contributed by atoms with Crippen LogP contribution in [-0.2, 0) is 11.2 Å². The minimum atomic E-state index is -0.452. The van der Waals surface area contributed by atoms with Crippen LogP contribution in [0.3, 0.4) is 0 Å². The number of piperidine rings is 1. The van der Waals surface area contributed by atoms with Crippen LogP contribution >= 0.6 is 0 Å². The lowest BCUT2D eigenvalue weighted by Gasteiger charge is -2.33. The second kappa shape index (κ2) is 7.88. The van der Waals surface area contributed by atoms with Crippen molar-refractivity contribution in [2.45, 2.75) is 52.6 Å². The van der Waals surface area contributed by atoms with Crippen molar-refractivity contribution < 1.29 is 9.90 Å². The fourth-order valence-corrected chi connectivity index (χ4v) is 4.17. The van der Waals surface area contributed by atoms with Gasteiger partial charge in [-0.3, -0.25) is 4.79 Å². The Balaban J connectivity index is 1.73. The van der Waals surface area contributed by atoms with Gasteiger partial charge in [0.25, 0.3) is 0 Å². The van der Waals surface area contributed by atoms with Gasteiger partial charge in [0.05, 0.1) is 6.10 Å². The third-order valence-corrected chi connectivity index (χ3v) is 5.54. The Kier molecular flexibility index (Phi) is 5.80. The molecule has 1 aromatic carbocycles. The molecule has 138 valence electrons. The molecular formula is C21H32N2O2. The average molecular weight is 344 g/mol. The second-order valence-electron chi connectivity index (χ2n) is 8.16. The predicted molar refractivity (Wildman–Crippen MR) is 102 cm³/mol. The van der Waals surface area contributed by atoms with Crippen LogP contribution in [0.25, 0.3) is 0 Å². The van der Waals surface area contributed by atoms with Crippen LogP contribution in [0.4, 0.5) is 5.69 Å². The third-order valence-electron chi connectivity index (χ3n) is 5.54. The van der Waals surface area contributed by atoms with Crippen LogP contribution in [0.1, 0.15) is 57.3 Å². The molecule has 4 nitrogen and oxygen atoms in total. The highest BCUT2D eigenvalue weighted by Crippen LogP contribution is 2.31. The molecule has 2 aliphatic heterocycles. The number of likely N-dealkylation sites (tertiary alicyclic amines) is 1. The number of fused-ring (bicyclic) bond motifs is 1. The van der Waals surface area contributed by atoms with E-state index in [2.05, 4.69) is 17.9 Å². The van der Waals surface area contributed by atoms with E-state index in [4.69, 9.17) is 0 Å². The van der Waals surface area contributed by atoms with Gasteiger partial charge in [0.2, 0.25) is 5.91 Å². The number of anilines is 1. The quantitative estimate of drug-likeness (QED) is 0.910. The molecule has 2 atom stereocenters. The van der Waals surface area contributed by atoms with Crippen LogP contribution in [0.5, 0.6) is 0 Å². The number of benzene rings is 1. The van der Waals surface area contributed by atoms with Gasteiger partial charge in [0.15, 0.2) is 0 Å². The van der Waals surface area contributed by atoms with Crippen molar-refractivity contribution in [1.29, 1.82) is 0 Å². The standard InChI is InChI=1S/C21H32N2O2/c1-15(2)21(25)23-11-5-7-17-12-18(8-9-19(17)23)20(24)14-22-10-4-6-16(3)13-22/h8-9,12,15-16,20,24H,4-7,10-11,13-14H2,1-3H3/t16-,20-/m0/s1. The molecule has 3 rings (SSSR count). The fourth-order valence-electron chi connectivity index (χ4n) is 4.17. The Bertz CT molecular complexity index is 614. The van der Waals surface area contributed by atoms with Crippen LogP contribution < -0.4 is 4.90 Å². The highest BCUT2D eigenvalue weighted by molar-refractivity contribution is 5.95. The molecule has 0 unspecified atom stereocenters. The van der Waals surface area contributed by atoms with Gasteiger partial charge in [-0.1, -0.05) is 32.9 Å². The number of rotatable bonds is 4. The summed E-state index contributed by atoms with van der Waals surface area (Å²) >= 11 is 0. The van der Waals surface area contributed by atoms with Crippen LogP contribution in [0, 0.1) is 11.8 Å². The number of carbonyl (C=O) groups is 1. The van der Waals surface area contributed by atoms with Crippen molar-refractivity contribution in [2.75, 3.05) is 31.1 Å². The van der Waals surface area contributed by atoms with Gasteiger partial charge in [0.1, 0.15) is 0 Å². The lowest BCUT2D eigenvalue weighted by atomic mass is 9.95. The fraction of sp³-hybridized carbons (Fsp3) is 0.667. The summed E-state index contributed by atoms with van der Waals surface area (Å²) in [6.07, 6.45) is 4.05. The van der Waals surface area contributed by atoms with Crippen molar-refractivity contribution in [2.24, 2.45) is 11.8 Å². The minimum Gasteiger partial charge on any atom is -0.387 e. The number of amides is 1. The number of hydrogen-bond acceptors (Lipinski definition) is 3. The Morgan fingerprint density at radius 2 is 2.08 bits per heavy atom. The number of aliphatic hydroxyl groups is 1. The normalized spacial score (nSPS) is 22.8. The predicted octanol–water partition coefficient (Wildman–Crippen LogP) is 3.39. The number of nitrogens with zero attached hydrogens (tertiary/aromatic N) is 2. The first kappa shape index (κ1) is 18.4. The largest absolute Gasteiger partial charge is 0.387 e. The average Bonchev–Trinajstić information content (AvgIpc) is 2.60. The first-order chi connectivity index (χ1) is 12.0. The van der Waals surface area contributed by atoms with Gasteiger partial charge in [-0.05, 0) is 55.3 Å². The summed E-state index contributed by atoms with van der Waals surface area (Å²) in [5.41, 5.74) is 3.21. The van der Waals surface area contributed by atoms with Gasteiger partial charge >= 0.3 is 0 Å². The second-order valence-corrected chi connectivity index (χ2v) is 8.16. The molecule has 0 saturated carbocycles. The topological polar surface area (TPSA) is 43.8 Å². The van der Waals surface area contributed by atoms with Gasteiger partial charge < -0.3 is 14.9 Å². The van der Waals surface area contributed by atoms with Crippen LogP contribution in [-0.4, -0.2) is 42.1 Å². The SMILES string of the molecule is CC(C)C(=O)N1CCCc2cc([C@@H](O)CN3CCC[C@H](C)C3)ccc21. The summed E-state index contributed by atoms with van der Waals surface area (Å²) < 4.78 is 0. The maximum Gasteiger partial charge on any atom is 0.229 e. The van der Waals surface area contributed by atoms with Crippen molar-refractivity contribution in [3.8, 4) is 0 Å². The molecule has 1 fully saturated rings. The highest BCUT2D eigenvalue weighted by atomic mass is 16.3. The zero-order valence-corrected chi connectivity index (χ0v) is 15.9. The Morgan fingerprint density at radius 1 is 1.28 bits per heavy atom. The summed E-state index contributed by atoms with van der Waals surface area (Å²) in [7, 11) is 0. The Morgan fingerprint density at radius 3 is 2.80 bits per heavy atom. The number of aliphatic hydroxyl groups excluding tert-OH is 1. The van der Waals surface area contributed by atoms with Gasteiger partial charge in [-0.25, -0.2) is 0 Å². The smallest absolute Gasteiger partial charge is 0.229 e. The first-order valence-electron chi connectivity index (χ1n) is 9.80. The van der Waals surface area contributed by atoms with E-state index in [9.17, 15) is 9.90 Å². The van der Waals surface area contributed by atoms with Crippen molar-refractivity contribution >= 4 is 11.6 Å². The van der Waals surface area contributed by atoms with Crippen LogP contribution in [0.15, 0.2) is 18.2 Å². The van der Waals surface area contributed by atoms with Crippen molar-refractivity contribution in [1.82, 2.24) is 4.90 Å². The van der Waals surface area contributed by atoms with E-state index in [-0.39, 0.29) is 11.8 Å². The molecule has 2 heterocycles. The molecule has 0 bridgehead atoms. The molecule has 2 aliphatic rings. The number of hydrogen-bond donors (Lipinski definition) is 1. The van der Waals surface area contributed by atoms with Gasteiger partial charge in [-0.2, -0.15) is 0 Å². The highest BCUT2D eigenvalue weighted by Gasteiger charge is 2.26. The van der Waals surface area contributed by atoms with E-state index < -0.39 is 6.10 Å². The summed E-state index contributed by atoms with van der Waals surface area (Å²) in [5, 5.41) is 10.7. The van der Waals surface area contributed by atoms with E-state index in [1.54, 1.807) is 0 Å². The molecule has 0 aromatic heterocycles. The number of aryl methyl sites for hydroxylation is 1. The van der Waals surface area contributed by atoms with Gasteiger partial charge in [-0.15, -0.1) is 0 Å². The van der Waals surface area contributed by atoms with Gasteiger partial charge in [0, 0.05) is 31.2 Å². The maximum atomic E-state index is 12.4. The molecule has 0 spiro atoms. The van der Waals surface area contributed by atoms with E-state index in [1.165, 1.54) is 18.4 Å². The third kappa shape index (κ3) is 4.24. The van der Waals surface area contributed by atoms with E-state index >= 15 is 0 Å². The Labute approximate surface area is 151 Å². The lowest BCUT2D eigenvalue weighted by molar-refractivity contribution is -0.121. The number of carbonyl (C=O) groups excluding carboxylic acids is 1. The maximum absolute atomic E-state index is 12.4. The molecule has 0 aliphatic carbocycles. The molecule has 1 aromatic rings. The zero-order chi connectivity index (χ0) is 18.0. The van der Waals surface area contributed by atoms with E-state index in [1.807, 2.05) is 30.9 Å². The van der Waals surface area contributed by atoms with Crippen molar-refractivity contribution in [3.63, 3.8) is 0 Å². The van der Waals surface area contributed by atoms with Crippen molar-refractivity contribution in [3.05, 3.63) is 29.3 Å². The molecular weight excluding hydrogens is 312 g/mol. The molecule has 1 amide bonds. The molecule has 0 radical (unpaired) electrons. The van der Waals surface area contributed by atoms with Crippen LogP contribution in [0.2, 0.25) is 0 Å². The monoisotopic (exact) mass is 344 g/mol. The minimum absolute atomic E-state index is 0.0114. The summed E-state index contributed by atoms with van der Waals surface area (Å²) in [6.45, 7) is 9.87. The molecule has 25 heavy (non-hydrogen) atoms. The summed E-state index contributed by atoms with van der Waals surface area (Å²) in [6, 6.07) is 6.15. The zero-order valence-electron chi connectivity index (χ0n) is 15.9. The van der Waals surface area contributed by atoms with E-state index in [0.717, 1.165) is 49.6 Å².